The number of amides is 1. The van der Waals surface area contributed by atoms with Gasteiger partial charge in [-0.2, -0.15) is 0 Å². The van der Waals surface area contributed by atoms with Crippen molar-refractivity contribution in [1.82, 2.24) is 9.80 Å². The zero-order valence-corrected chi connectivity index (χ0v) is 14.4. The van der Waals surface area contributed by atoms with Gasteiger partial charge in [-0.3, -0.25) is 9.69 Å². The van der Waals surface area contributed by atoms with Crippen molar-refractivity contribution in [2.75, 3.05) is 27.3 Å². The number of carbonyl (C=O) groups is 1. The lowest BCUT2D eigenvalue weighted by molar-refractivity contribution is -0.122. The molecule has 1 aromatic carbocycles. The van der Waals surface area contributed by atoms with Crippen molar-refractivity contribution in [2.24, 2.45) is 0 Å². The molecule has 1 aromatic rings. The highest BCUT2D eigenvalue weighted by Gasteiger charge is 2.34. The Morgan fingerprint density at radius 2 is 2.09 bits per heavy atom. The summed E-state index contributed by atoms with van der Waals surface area (Å²) < 4.78 is 10.9. The van der Waals surface area contributed by atoms with E-state index in [0.29, 0.717) is 35.5 Å². The van der Waals surface area contributed by atoms with Crippen molar-refractivity contribution in [2.45, 2.75) is 6.92 Å². The average molecular weight is 332 g/mol. The van der Waals surface area contributed by atoms with Crippen molar-refractivity contribution < 1.29 is 14.3 Å². The van der Waals surface area contributed by atoms with E-state index in [1.165, 1.54) is 0 Å². The maximum Gasteiger partial charge on any atom is 0.276 e. The van der Waals surface area contributed by atoms with Crippen molar-refractivity contribution in [1.29, 1.82) is 0 Å². The third-order valence-corrected chi connectivity index (χ3v) is 4.00. The highest BCUT2D eigenvalue weighted by Crippen LogP contribution is 2.30. The molecular weight excluding hydrogens is 312 g/mol. The van der Waals surface area contributed by atoms with Gasteiger partial charge in [0.1, 0.15) is 12.3 Å². The van der Waals surface area contributed by atoms with Gasteiger partial charge in [0.2, 0.25) is 0 Å². The van der Waals surface area contributed by atoms with Crippen LogP contribution in [0.4, 0.5) is 0 Å². The summed E-state index contributed by atoms with van der Waals surface area (Å²) in [6, 6.07) is 5.50. The first-order valence-electron chi connectivity index (χ1n) is 7.26. The lowest BCUT2D eigenvalue weighted by Gasteiger charge is -2.13. The van der Waals surface area contributed by atoms with Crippen molar-refractivity contribution in [3.05, 3.63) is 42.1 Å². The maximum absolute atomic E-state index is 12.4. The highest BCUT2D eigenvalue weighted by atomic mass is 32.1. The predicted octanol–water partition coefficient (Wildman–Crippen LogP) is 2.68. The molecule has 122 valence electrons. The Hall–Kier alpha value is -2.34. The lowest BCUT2D eigenvalue weighted by atomic mass is 10.1. The molecule has 0 bridgehead atoms. The summed E-state index contributed by atoms with van der Waals surface area (Å²) >= 11 is 5.29. The minimum absolute atomic E-state index is 0.0917. The number of benzene rings is 1. The van der Waals surface area contributed by atoms with Gasteiger partial charge in [0, 0.05) is 13.6 Å². The first-order chi connectivity index (χ1) is 11.0. The highest BCUT2D eigenvalue weighted by molar-refractivity contribution is 7.80. The fourth-order valence-electron chi connectivity index (χ4n) is 2.29. The number of methoxy groups -OCH3 is 1. The molecule has 1 fully saturated rings. The van der Waals surface area contributed by atoms with E-state index in [-0.39, 0.29) is 5.91 Å². The average Bonchev–Trinajstić information content (AvgIpc) is 2.76. The van der Waals surface area contributed by atoms with E-state index in [9.17, 15) is 4.79 Å². The van der Waals surface area contributed by atoms with Gasteiger partial charge in [0.05, 0.1) is 7.11 Å². The number of hydrogen-bond acceptors (Lipinski definition) is 4. The van der Waals surface area contributed by atoms with E-state index < -0.39 is 0 Å². The summed E-state index contributed by atoms with van der Waals surface area (Å²) in [6.45, 7) is 6.47. The van der Waals surface area contributed by atoms with E-state index >= 15 is 0 Å². The fraction of sp³-hybridized carbons (Fsp3) is 0.294. The van der Waals surface area contributed by atoms with Gasteiger partial charge in [0.25, 0.3) is 5.91 Å². The topological polar surface area (TPSA) is 42.0 Å². The van der Waals surface area contributed by atoms with Crippen LogP contribution in [0, 0.1) is 0 Å². The number of likely N-dealkylation sites (N-methyl/N-ethyl adjacent to an activating group) is 2. The second-order valence-corrected chi connectivity index (χ2v) is 5.30. The SMILES string of the molecule is C=CCOc1ccc(/C=C2/C(=O)N(CC)C(=S)N2C)cc1OC. The second-order valence-electron chi connectivity index (χ2n) is 4.93. The molecule has 1 heterocycles. The Balaban J connectivity index is 2.34. The smallest absolute Gasteiger partial charge is 0.276 e. The quantitative estimate of drug-likeness (QED) is 0.455. The van der Waals surface area contributed by atoms with Crippen LogP contribution in [0.3, 0.4) is 0 Å². The van der Waals surface area contributed by atoms with Crippen LogP contribution in [0.2, 0.25) is 0 Å². The van der Waals surface area contributed by atoms with Gasteiger partial charge in [-0.25, -0.2) is 0 Å². The van der Waals surface area contributed by atoms with E-state index in [1.54, 1.807) is 36.1 Å². The molecule has 1 aliphatic rings. The molecule has 0 unspecified atom stereocenters. The first kappa shape index (κ1) is 17.0. The first-order valence-corrected chi connectivity index (χ1v) is 7.67. The van der Waals surface area contributed by atoms with Crippen LogP contribution in [-0.4, -0.2) is 48.1 Å². The van der Waals surface area contributed by atoms with Gasteiger partial charge in [-0.05, 0) is 42.9 Å². The second kappa shape index (κ2) is 7.28. The summed E-state index contributed by atoms with van der Waals surface area (Å²) in [5, 5.41) is 0.515. The molecule has 0 saturated carbocycles. The fourth-order valence-corrected chi connectivity index (χ4v) is 2.60. The van der Waals surface area contributed by atoms with Crippen LogP contribution in [-0.2, 0) is 4.79 Å². The maximum atomic E-state index is 12.4. The zero-order chi connectivity index (χ0) is 17.0. The number of ether oxygens (including phenoxy) is 2. The van der Waals surface area contributed by atoms with Gasteiger partial charge in [-0.15, -0.1) is 0 Å². The van der Waals surface area contributed by atoms with Crippen LogP contribution in [0.5, 0.6) is 11.5 Å². The minimum Gasteiger partial charge on any atom is -0.493 e. The summed E-state index contributed by atoms with van der Waals surface area (Å²) in [6.07, 6.45) is 3.46. The summed E-state index contributed by atoms with van der Waals surface area (Å²) in [5.74, 6) is 1.14. The molecule has 0 N–H and O–H groups in total. The Kier molecular flexibility index (Phi) is 5.39. The third kappa shape index (κ3) is 3.37. The standard InChI is InChI=1S/C17H20N2O3S/c1-5-9-22-14-8-7-12(11-15(14)21-4)10-13-16(20)19(6-2)17(23)18(13)3/h5,7-8,10-11H,1,6,9H2,2-4H3/b13-10-. The van der Waals surface area contributed by atoms with E-state index in [0.717, 1.165) is 5.56 Å². The molecule has 1 saturated heterocycles. The van der Waals surface area contributed by atoms with Crippen LogP contribution in [0.25, 0.3) is 6.08 Å². The Labute approximate surface area is 141 Å². The van der Waals surface area contributed by atoms with E-state index in [2.05, 4.69) is 6.58 Å². The van der Waals surface area contributed by atoms with Gasteiger partial charge >= 0.3 is 0 Å². The molecule has 1 aliphatic heterocycles. The molecule has 0 aromatic heterocycles. The predicted molar refractivity (Wildman–Crippen MR) is 94.4 cm³/mol. The summed E-state index contributed by atoms with van der Waals surface area (Å²) in [5.41, 5.74) is 1.38. The van der Waals surface area contributed by atoms with Crippen LogP contribution in [0.15, 0.2) is 36.6 Å². The molecule has 0 radical (unpaired) electrons. The van der Waals surface area contributed by atoms with Gasteiger partial charge < -0.3 is 14.4 Å². The summed E-state index contributed by atoms with van der Waals surface area (Å²) in [4.78, 5) is 15.7. The number of thiocarbonyl (C=S) groups is 1. The molecular formula is C17H20N2O3S. The number of nitrogens with zero attached hydrogens (tertiary/aromatic N) is 2. The molecule has 2 rings (SSSR count). The number of rotatable bonds is 6. The minimum atomic E-state index is -0.0917. The molecule has 6 heteroatoms. The molecule has 1 amide bonds. The van der Waals surface area contributed by atoms with Crippen LogP contribution in [0.1, 0.15) is 12.5 Å². The largest absolute Gasteiger partial charge is 0.493 e. The number of hydrogen-bond donors (Lipinski definition) is 0. The normalized spacial score (nSPS) is 16.2. The summed E-state index contributed by atoms with van der Waals surface area (Å²) in [7, 11) is 3.37. The Morgan fingerprint density at radius 3 is 2.65 bits per heavy atom. The van der Waals surface area contributed by atoms with E-state index in [1.807, 2.05) is 25.1 Å². The van der Waals surface area contributed by atoms with E-state index in [4.69, 9.17) is 21.7 Å². The van der Waals surface area contributed by atoms with Crippen molar-refractivity contribution in [3.63, 3.8) is 0 Å². The Morgan fingerprint density at radius 1 is 1.35 bits per heavy atom. The van der Waals surface area contributed by atoms with Gasteiger partial charge in [-0.1, -0.05) is 18.7 Å². The lowest BCUT2D eigenvalue weighted by Crippen LogP contribution is -2.30. The monoisotopic (exact) mass is 332 g/mol. The molecule has 0 spiro atoms. The zero-order valence-electron chi connectivity index (χ0n) is 13.5. The molecule has 5 nitrogen and oxygen atoms in total. The molecule has 0 atom stereocenters. The van der Waals surface area contributed by atoms with Crippen molar-refractivity contribution >= 4 is 29.3 Å². The van der Waals surface area contributed by atoms with Crippen molar-refractivity contribution in [3.8, 4) is 11.5 Å². The molecule has 0 aliphatic carbocycles. The number of carbonyl (C=O) groups excluding carboxylic acids is 1. The van der Waals surface area contributed by atoms with Crippen LogP contribution >= 0.6 is 12.2 Å². The van der Waals surface area contributed by atoms with Gasteiger partial charge in [0.15, 0.2) is 16.6 Å². The Bertz CT molecular complexity index is 670. The molecule has 23 heavy (non-hydrogen) atoms. The van der Waals surface area contributed by atoms with Crippen LogP contribution < -0.4 is 9.47 Å². The third-order valence-electron chi connectivity index (χ3n) is 3.51.